The van der Waals surface area contributed by atoms with Gasteiger partial charge in [0.1, 0.15) is 11.6 Å². The second kappa shape index (κ2) is 4.45. The van der Waals surface area contributed by atoms with Gasteiger partial charge in [-0.25, -0.2) is 0 Å². The zero-order valence-electron chi connectivity index (χ0n) is 9.72. The summed E-state index contributed by atoms with van der Waals surface area (Å²) in [5.41, 5.74) is 1.27. The number of aromatic nitrogens is 2. The molecule has 0 unspecified atom stereocenters. The molecule has 1 heterocycles. The number of rotatable bonds is 4. The minimum atomic E-state index is 0.588. The Kier molecular flexibility index (Phi) is 2.81. The van der Waals surface area contributed by atoms with Gasteiger partial charge in [-0.1, -0.05) is 19.1 Å². The van der Waals surface area contributed by atoms with E-state index in [-0.39, 0.29) is 0 Å². The molecule has 0 saturated heterocycles. The monoisotopic (exact) mass is 246 g/mol. The zero-order chi connectivity index (χ0) is 11.7. The topological polar surface area (TPSA) is 35.0 Å². The quantitative estimate of drug-likeness (QED) is 0.823. The Balaban J connectivity index is 1.75. The van der Waals surface area contributed by atoms with Crippen molar-refractivity contribution < 1.29 is 4.74 Å². The molecule has 17 heavy (non-hydrogen) atoms. The van der Waals surface area contributed by atoms with Gasteiger partial charge < -0.3 is 4.74 Å². The summed E-state index contributed by atoms with van der Waals surface area (Å²) < 4.78 is 10.0. The number of aryl methyl sites for hydroxylation is 1. The third kappa shape index (κ3) is 2.47. The molecule has 1 aliphatic rings. The van der Waals surface area contributed by atoms with Crippen LogP contribution in [0.3, 0.4) is 0 Å². The maximum absolute atomic E-state index is 5.72. The summed E-state index contributed by atoms with van der Waals surface area (Å²) in [5.74, 6) is 2.39. The summed E-state index contributed by atoms with van der Waals surface area (Å²) in [6.45, 7) is 2.13. The zero-order valence-corrected chi connectivity index (χ0v) is 10.5. The van der Waals surface area contributed by atoms with Crippen LogP contribution in [0.1, 0.15) is 37.1 Å². The van der Waals surface area contributed by atoms with Crippen molar-refractivity contribution in [2.24, 2.45) is 0 Å². The summed E-state index contributed by atoms with van der Waals surface area (Å²) in [5, 5.41) is 0.653. The van der Waals surface area contributed by atoms with E-state index in [1.165, 1.54) is 29.9 Å². The molecule has 1 saturated carbocycles. The molecule has 3 nitrogen and oxygen atoms in total. The molecule has 1 aromatic heterocycles. The predicted molar refractivity (Wildman–Crippen MR) is 67.8 cm³/mol. The third-order valence-electron chi connectivity index (χ3n) is 2.88. The van der Waals surface area contributed by atoms with Crippen molar-refractivity contribution in [2.45, 2.75) is 32.1 Å². The maximum Gasteiger partial charge on any atom is 0.298 e. The fourth-order valence-electron chi connectivity index (χ4n) is 1.70. The normalized spacial score (nSPS) is 14.9. The molecule has 0 aliphatic heterocycles. The highest BCUT2D eigenvalue weighted by atomic mass is 32.1. The summed E-state index contributed by atoms with van der Waals surface area (Å²) in [6, 6.07) is 8.12. The van der Waals surface area contributed by atoms with Gasteiger partial charge in [-0.15, -0.1) is 0 Å². The lowest BCUT2D eigenvalue weighted by Crippen LogP contribution is -1.87. The highest BCUT2D eigenvalue weighted by Crippen LogP contribution is 2.40. The molecule has 2 aromatic rings. The molecule has 0 spiro atoms. The summed E-state index contributed by atoms with van der Waals surface area (Å²) in [7, 11) is 0. The summed E-state index contributed by atoms with van der Waals surface area (Å²) in [4.78, 5) is 4.41. The van der Waals surface area contributed by atoms with Crippen LogP contribution in [0.4, 0.5) is 0 Å². The van der Waals surface area contributed by atoms with Gasteiger partial charge in [-0.3, -0.25) is 0 Å². The molecule has 0 atom stereocenters. The number of benzene rings is 1. The van der Waals surface area contributed by atoms with E-state index in [2.05, 4.69) is 28.4 Å². The van der Waals surface area contributed by atoms with E-state index >= 15 is 0 Å². The van der Waals surface area contributed by atoms with E-state index in [9.17, 15) is 0 Å². The van der Waals surface area contributed by atoms with Gasteiger partial charge in [-0.2, -0.15) is 9.36 Å². The molecule has 0 N–H and O–H groups in total. The number of hydrogen-bond acceptors (Lipinski definition) is 4. The lowest BCUT2D eigenvalue weighted by Gasteiger charge is -2.02. The Morgan fingerprint density at radius 3 is 3.06 bits per heavy atom. The van der Waals surface area contributed by atoms with Crippen LogP contribution in [0.25, 0.3) is 0 Å². The average Bonchev–Trinajstić information content (AvgIpc) is 3.11. The first-order valence-corrected chi connectivity index (χ1v) is 6.73. The van der Waals surface area contributed by atoms with Crippen LogP contribution >= 0.6 is 11.5 Å². The average molecular weight is 246 g/mol. The molecule has 1 fully saturated rings. The van der Waals surface area contributed by atoms with E-state index in [0.29, 0.717) is 11.1 Å². The van der Waals surface area contributed by atoms with Crippen LogP contribution in [0.15, 0.2) is 24.3 Å². The van der Waals surface area contributed by atoms with Crippen molar-refractivity contribution in [1.29, 1.82) is 0 Å². The van der Waals surface area contributed by atoms with Crippen LogP contribution < -0.4 is 4.74 Å². The van der Waals surface area contributed by atoms with Crippen LogP contribution in [0.2, 0.25) is 0 Å². The van der Waals surface area contributed by atoms with E-state index in [4.69, 9.17) is 4.74 Å². The van der Waals surface area contributed by atoms with Crippen molar-refractivity contribution in [3.8, 4) is 10.9 Å². The Morgan fingerprint density at radius 1 is 1.41 bits per heavy atom. The van der Waals surface area contributed by atoms with Crippen LogP contribution in [0.5, 0.6) is 10.9 Å². The minimum absolute atomic E-state index is 0.588. The molecule has 0 amide bonds. The highest BCUT2D eigenvalue weighted by molar-refractivity contribution is 7.07. The fourth-order valence-corrected chi connectivity index (χ4v) is 2.33. The summed E-state index contributed by atoms with van der Waals surface area (Å²) in [6.07, 6.45) is 3.46. The Labute approximate surface area is 105 Å². The maximum atomic E-state index is 5.72. The Bertz CT molecular complexity index is 520. The highest BCUT2D eigenvalue weighted by Gasteiger charge is 2.28. The molecule has 3 rings (SSSR count). The van der Waals surface area contributed by atoms with E-state index in [0.717, 1.165) is 18.0 Å². The molecule has 88 valence electrons. The first-order valence-electron chi connectivity index (χ1n) is 5.95. The molecule has 0 radical (unpaired) electrons. The number of nitrogens with zero attached hydrogens (tertiary/aromatic N) is 2. The van der Waals surface area contributed by atoms with Crippen molar-refractivity contribution in [3.63, 3.8) is 0 Å². The second-order valence-electron chi connectivity index (χ2n) is 4.30. The largest absolute Gasteiger partial charge is 0.430 e. The SMILES string of the molecule is CCc1cccc(Oc2nc(C3CC3)ns2)c1. The predicted octanol–water partition coefficient (Wildman–Crippen LogP) is 3.77. The molecular weight excluding hydrogens is 232 g/mol. The Hall–Kier alpha value is -1.42. The number of hydrogen-bond donors (Lipinski definition) is 0. The van der Waals surface area contributed by atoms with Gasteiger partial charge in [0.25, 0.3) is 5.19 Å². The van der Waals surface area contributed by atoms with Gasteiger partial charge >= 0.3 is 0 Å². The van der Waals surface area contributed by atoms with Crippen LogP contribution in [0, 0.1) is 0 Å². The van der Waals surface area contributed by atoms with Crippen LogP contribution in [-0.4, -0.2) is 9.36 Å². The standard InChI is InChI=1S/C13H14N2OS/c1-2-9-4-3-5-11(8-9)16-13-14-12(15-17-13)10-6-7-10/h3-5,8,10H,2,6-7H2,1H3. The first kappa shape index (κ1) is 10.7. The number of ether oxygens (including phenoxy) is 1. The van der Waals surface area contributed by atoms with Crippen molar-refractivity contribution >= 4 is 11.5 Å². The van der Waals surface area contributed by atoms with Gasteiger partial charge in [0.05, 0.1) is 0 Å². The molecule has 4 heteroatoms. The Morgan fingerprint density at radius 2 is 2.29 bits per heavy atom. The van der Waals surface area contributed by atoms with Gasteiger partial charge in [0.2, 0.25) is 0 Å². The first-order chi connectivity index (χ1) is 8.35. The smallest absolute Gasteiger partial charge is 0.298 e. The van der Waals surface area contributed by atoms with Crippen molar-refractivity contribution in [3.05, 3.63) is 35.7 Å². The fraction of sp³-hybridized carbons (Fsp3) is 0.385. The van der Waals surface area contributed by atoms with E-state index in [1.807, 2.05) is 12.1 Å². The van der Waals surface area contributed by atoms with Crippen molar-refractivity contribution in [1.82, 2.24) is 9.36 Å². The van der Waals surface area contributed by atoms with Crippen LogP contribution in [-0.2, 0) is 6.42 Å². The molecule has 0 bridgehead atoms. The summed E-state index contributed by atoms with van der Waals surface area (Å²) >= 11 is 1.34. The van der Waals surface area contributed by atoms with E-state index < -0.39 is 0 Å². The molecule has 1 aromatic carbocycles. The molecule has 1 aliphatic carbocycles. The van der Waals surface area contributed by atoms with Gasteiger partial charge in [0.15, 0.2) is 0 Å². The second-order valence-corrected chi connectivity index (χ2v) is 5.01. The van der Waals surface area contributed by atoms with Gasteiger partial charge in [0, 0.05) is 17.5 Å². The third-order valence-corrected chi connectivity index (χ3v) is 3.49. The molecular formula is C13H14N2OS. The van der Waals surface area contributed by atoms with Crippen molar-refractivity contribution in [2.75, 3.05) is 0 Å². The van der Waals surface area contributed by atoms with E-state index in [1.54, 1.807) is 0 Å². The van der Waals surface area contributed by atoms with Gasteiger partial charge in [-0.05, 0) is 37.0 Å². The minimum Gasteiger partial charge on any atom is -0.430 e. The lowest BCUT2D eigenvalue weighted by molar-refractivity contribution is 0.476. The lowest BCUT2D eigenvalue weighted by atomic mass is 10.2.